The van der Waals surface area contributed by atoms with Crippen LogP contribution >= 0.6 is 0 Å². The van der Waals surface area contributed by atoms with Gasteiger partial charge in [-0.25, -0.2) is 0 Å². The average molecular weight is 226 g/mol. The molecule has 90 valence electrons. The Hall–Kier alpha value is -0.940. The van der Waals surface area contributed by atoms with Crippen molar-refractivity contribution in [2.24, 2.45) is 0 Å². The average Bonchev–Trinajstić information content (AvgIpc) is 2.30. The summed E-state index contributed by atoms with van der Waals surface area (Å²) in [4.78, 5) is 24.6. The third-order valence-electron chi connectivity index (χ3n) is 3.33. The number of nitrogens with zero attached hydrogens (tertiary/aromatic N) is 1. The molecule has 0 bridgehead atoms. The summed E-state index contributed by atoms with van der Waals surface area (Å²) in [6.45, 7) is 2.97. The van der Waals surface area contributed by atoms with E-state index >= 15 is 0 Å². The Morgan fingerprint density at radius 2 is 2.00 bits per heavy atom. The number of piperidine rings is 1. The maximum absolute atomic E-state index is 11.6. The summed E-state index contributed by atoms with van der Waals surface area (Å²) in [6.07, 6.45) is 3.36. The first-order valence-electron chi connectivity index (χ1n) is 5.86. The minimum absolute atomic E-state index is 0.0306. The molecule has 2 aliphatic rings. The van der Waals surface area contributed by atoms with E-state index in [-0.39, 0.29) is 37.1 Å². The fourth-order valence-corrected chi connectivity index (χ4v) is 2.43. The van der Waals surface area contributed by atoms with Crippen LogP contribution in [-0.2, 0) is 14.3 Å². The number of ether oxygens (including phenoxy) is 1. The Morgan fingerprint density at radius 1 is 1.31 bits per heavy atom. The maximum atomic E-state index is 11.6. The molecule has 0 aromatic carbocycles. The topological polar surface area (TPSA) is 58.6 Å². The molecule has 2 aliphatic heterocycles. The third-order valence-corrected chi connectivity index (χ3v) is 3.33. The molecule has 2 amide bonds. The van der Waals surface area contributed by atoms with E-state index in [1.807, 2.05) is 6.92 Å². The molecule has 5 nitrogen and oxygen atoms in total. The van der Waals surface area contributed by atoms with Gasteiger partial charge in [0.2, 0.25) is 0 Å². The van der Waals surface area contributed by atoms with Crippen LogP contribution in [0.1, 0.15) is 26.2 Å². The second kappa shape index (κ2) is 4.93. The van der Waals surface area contributed by atoms with Crippen molar-refractivity contribution in [2.75, 3.05) is 19.8 Å². The van der Waals surface area contributed by atoms with Crippen molar-refractivity contribution < 1.29 is 14.3 Å². The van der Waals surface area contributed by atoms with Crippen LogP contribution in [0.5, 0.6) is 0 Å². The minimum atomic E-state index is -0.212. The van der Waals surface area contributed by atoms with E-state index in [1.165, 1.54) is 11.3 Å². The number of hydrogen-bond acceptors (Lipinski definition) is 4. The van der Waals surface area contributed by atoms with Gasteiger partial charge in [-0.3, -0.25) is 14.5 Å². The fraction of sp³-hybridized carbons (Fsp3) is 0.818. The molecule has 16 heavy (non-hydrogen) atoms. The molecule has 2 fully saturated rings. The molecule has 1 N–H and O–H groups in total. The van der Waals surface area contributed by atoms with Gasteiger partial charge in [0.05, 0.1) is 6.04 Å². The van der Waals surface area contributed by atoms with Gasteiger partial charge in [0, 0.05) is 6.04 Å². The maximum Gasteiger partial charge on any atom is 0.255 e. The number of amides is 2. The Balaban J connectivity index is 2.03. The third kappa shape index (κ3) is 2.25. The van der Waals surface area contributed by atoms with Gasteiger partial charge in [0.1, 0.15) is 13.2 Å². The van der Waals surface area contributed by atoms with Crippen LogP contribution in [0, 0.1) is 0 Å². The van der Waals surface area contributed by atoms with E-state index < -0.39 is 0 Å². The highest BCUT2D eigenvalue weighted by atomic mass is 16.5. The van der Waals surface area contributed by atoms with Crippen LogP contribution in [0.2, 0.25) is 0 Å². The summed E-state index contributed by atoms with van der Waals surface area (Å²) in [5.74, 6) is -0.424. The highest BCUT2D eigenvalue weighted by Crippen LogP contribution is 2.17. The normalized spacial score (nSPS) is 29.3. The summed E-state index contributed by atoms with van der Waals surface area (Å²) in [6, 6.07) is 0.170. The summed E-state index contributed by atoms with van der Waals surface area (Å²) in [5.41, 5.74) is 0. The van der Waals surface area contributed by atoms with Crippen molar-refractivity contribution in [1.29, 1.82) is 0 Å². The van der Waals surface area contributed by atoms with Gasteiger partial charge in [0.15, 0.2) is 0 Å². The summed E-state index contributed by atoms with van der Waals surface area (Å²) in [7, 11) is 0. The van der Waals surface area contributed by atoms with E-state index in [0.29, 0.717) is 0 Å². The molecule has 0 aromatic heterocycles. The monoisotopic (exact) mass is 226 g/mol. The van der Waals surface area contributed by atoms with Gasteiger partial charge in [-0.05, 0) is 26.3 Å². The molecule has 2 rings (SSSR count). The molecule has 0 aromatic rings. The standard InChI is InChI=1S/C11H18N2O3/c1-8(9-4-2-3-5-12-9)13-10(14)6-16-7-11(13)15/h8-9,12H,2-7H2,1H3. The Bertz CT molecular complexity index is 271. The lowest BCUT2D eigenvalue weighted by molar-refractivity contribution is -0.162. The number of hydrogen-bond donors (Lipinski definition) is 1. The number of rotatable bonds is 2. The van der Waals surface area contributed by atoms with E-state index in [1.54, 1.807) is 0 Å². The number of nitrogens with one attached hydrogen (secondary N) is 1. The predicted molar refractivity (Wildman–Crippen MR) is 57.8 cm³/mol. The van der Waals surface area contributed by atoms with E-state index in [4.69, 9.17) is 4.74 Å². The number of morpholine rings is 1. The minimum Gasteiger partial charge on any atom is -0.362 e. The number of carbonyl (C=O) groups is 2. The number of imide groups is 1. The lowest BCUT2D eigenvalue weighted by atomic mass is 9.97. The van der Waals surface area contributed by atoms with Crippen LogP contribution in [0.4, 0.5) is 0 Å². The van der Waals surface area contributed by atoms with Crippen molar-refractivity contribution in [2.45, 2.75) is 38.3 Å². The highest BCUT2D eigenvalue weighted by Gasteiger charge is 2.35. The molecular weight excluding hydrogens is 208 g/mol. The molecular formula is C11H18N2O3. The van der Waals surface area contributed by atoms with E-state index in [0.717, 1.165) is 19.4 Å². The second-order valence-electron chi connectivity index (χ2n) is 4.45. The quantitative estimate of drug-likeness (QED) is 0.668. The molecule has 0 spiro atoms. The Kier molecular flexibility index (Phi) is 3.56. The zero-order valence-corrected chi connectivity index (χ0v) is 9.57. The molecule has 5 heteroatoms. The molecule has 2 saturated heterocycles. The molecule has 2 atom stereocenters. The van der Waals surface area contributed by atoms with Crippen molar-refractivity contribution in [1.82, 2.24) is 10.2 Å². The second-order valence-corrected chi connectivity index (χ2v) is 4.45. The van der Waals surface area contributed by atoms with Gasteiger partial charge < -0.3 is 10.1 Å². The summed E-state index contributed by atoms with van der Waals surface area (Å²) < 4.78 is 4.90. The van der Waals surface area contributed by atoms with E-state index in [9.17, 15) is 9.59 Å². The largest absolute Gasteiger partial charge is 0.362 e. The zero-order chi connectivity index (χ0) is 11.5. The summed E-state index contributed by atoms with van der Waals surface area (Å²) in [5, 5.41) is 3.37. The number of carbonyl (C=O) groups excluding carboxylic acids is 2. The lowest BCUT2D eigenvalue weighted by Gasteiger charge is -2.37. The van der Waals surface area contributed by atoms with Gasteiger partial charge in [-0.15, -0.1) is 0 Å². The summed E-state index contributed by atoms with van der Waals surface area (Å²) >= 11 is 0. The fourth-order valence-electron chi connectivity index (χ4n) is 2.43. The van der Waals surface area contributed by atoms with Crippen LogP contribution in [0.15, 0.2) is 0 Å². The van der Waals surface area contributed by atoms with E-state index in [2.05, 4.69) is 5.32 Å². The van der Waals surface area contributed by atoms with Crippen molar-refractivity contribution in [3.05, 3.63) is 0 Å². The van der Waals surface area contributed by atoms with Gasteiger partial charge >= 0.3 is 0 Å². The van der Waals surface area contributed by atoms with Crippen LogP contribution < -0.4 is 5.32 Å². The SMILES string of the molecule is CC(C1CCCCN1)N1C(=O)COCC1=O. The smallest absolute Gasteiger partial charge is 0.255 e. The Morgan fingerprint density at radius 3 is 2.56 bits per heavy atom. The molecule has 0 saturated carbocycles. The first kappa shape index (κ1) is 11.5. The van der Waals surface area contributed by atoms with Crippen molar-refractivity contribution in [3.63, 3.8) is 0 Å². The van der Waals surface area contributed by atoms with Gasteiger partial charge in [-0.1, -0.05) is 6.42 Å². The van der Waals surface area contributed by atoms with Gasteiger partial charge in [-0.2, -0.15) is 0 Å². The van der Waals surface area contributed by atoms with Crippen LogP contribution in [0.3, 0.4) is 0 Å². The highest BCUT2D eigenvalue weighted by molar-refractivity contribution is 5.98. The Labute approximate surface area is 95.1 Å². The molecule has 0 radical (unpaired) electrons. The van der Waals surface area contributed by atoms with Crippen LogP contribution in [0.25, 0.3) is 0 Å². The molecule has 0 aliphatic carbocycles. The molecule has 2 heterocycles. The zero-order valence-electron chi connectivity index (χ0n) is 9.57. The first-order valence-corrected chi connectivity index (χ1v) is 5.86. The van der Waals surface area contributed by atoms with Crippen molar-refractivity contribution in [3.8, 4) is 0 Å². The first-order chi connectivity index (χ1) is 7.70. The van der Waals surface area contributed by atoms with Gasteiger partial charge in [0.25, 0.3) is 11.8 Å². The van der Waals surface area contributed by atoms with Crippen LogP contribution in [-0.4, -0.2) is 48.6 Å². The molecule has 2 unspecified atom stereocenters. The van der Waals surface area contributed by atoms with Crippen molar-refractivity contribution >= 4 is 11.8 Å². The lowest BCUT2D eigenvalue weighted by Crippen LogP contribution is -2.58. The predicted octanol–water partition coefficient (Wildman–Crippen LogP) is -0.0976.